The van der Waals surface area contributed by atoms with Crippen LogP contribution < -0.4 is 0 Å². The summed E-state index contributed by atoms with van der Waals surface area (Å²) in [6, 6.07) is 12.5. The van der Waals surface area contributed by atoms with Gasteiger partial charge in [0.15, 0.2) is 6.10 Å². The first-order valence-corrected chi connectivity index (χ1v) is 10.4. The van der Waals surface area contributed by atoms with E-state index in [1.165, 1.54) is 28.6 Å². The standard InChI is InChI=1S/C19H16F3N3O4S/c20-19(21,22)14-6-4-5-13(11-14)17-23-18(29-24-17)16-12-25(9-10-28-16)30(26,27)15-7-2-1-3-8-15/h1-8,11,16H,9-10,12H2/t16-/m1/s1. The Balaban J connectivity index is 1.56. The minimum atomic E-state index is -4.50. The smallest absolute Gasteiger partial charge is 0.366 e. The number of aromatic nitrogens is 2. The minimum absolute atomic E-state index is 0.00428. The van der Waals surface area contributed by atoms with Crippen LogP contribution in [0.15, 0.2) is 64.0 Å². The summed E-state index contributed by atoms with van der Waals surface area (Å²) < 4.78 is 76.4. The van der Waals surface area contributed by atoms with Crippen molar-refractivity contribution in [2.45, 2.75) is 17.2 Å². The molecular weight excluding hydrogens is 423 g/mol. The molecule has 1 aliphatic heterocycles. The van der Waals surface area contributed by atoms with E-state index in [9.17, 15) is 21.6 Å². The summed E-state index contributed by atoms with van der Waals surface area (Å²) in [6.45, 7) is 0.210. The molecule has 0 unspecified atom stereocenters. The monoisotopic (exact) mass is 439 g/mol. The van der Waals surface area contributed by atoms with E-state index in [0.717, 1.165) is 12.1 Å². The molecule has 0 aliphatic carbocycles. The van der Waals surface area contributed by atoms with Crippen molar-refractivity contribution in [1.82, 2.24) is 14.4 Å². The Morgan fingerprint density at radius 3 is 2.57 bits per heavy atom. The van der Waals surface area contributed by atoms with Gasteiger partial charge in [0, 0.05) is 18.7 Å². The number of hydrogen-bond acceptors (Lipinski definition) is 6. The summed E-state index contributed by atoms with van der Waals surface area (Å²) in [5.41, 5.74) is -0.704. The van der Waals surface area contributed by atoms with E-state index >= 15 is 0 Å². The molecular formula is C19H16F3N3O4S. The molecule has 7 nitrogen and oxygen atoms in total. The van der Waals surface area contributed by atoms with Crippen LogP contribution in [-0.4, -0.2) is 42.6 Å². The van der Waals surface area contributed by atoms with Crippen LogP contribution in [0.25, 0.3) is 11.4 Å². The van der Waals surface area contributed by atoms with E-state index < -0.39 is 27.9 Å². The zero-order valence-electron chi connectivity index (χ0n) is 15.4. The zero-order valence-corrected chi connectivity index (χ0v) is 16.2. The van der Waals surface area contributed by atoms with Gasteiger partial charge in [-0.05, 0) is 24.3 Å². The van der Waals surface area contributed by atoms with Crippen molar-refractivity contribution >= 4 is 10.0 Å². The van der Waals surface area contributed by atoms with Gasteiger partial charge >= 0.3 is 6.18 Å². The molecule has 0 spiro atoms. The number of sulfonamides is 1. The lowest BCUT2D eigenvalue weighted by atomic mass is 10.1. The second-order valence-corrected chi connectivity index (χ2v) is 8.51. The molecule has 1 aromatic heterocycles. The normalized spacial score (nSPS) is 18.4. The van der Waals surface area contributed by atoms with Crippen molar-refractivity contribution in [3.63, 3.8) is 0 Å². The summed E-state index contributed by atoms with van der Waals surface area (Å²) in [6.07, 6.45) is -5.33. The first-order chi connectivity index (χ1) is 14.2. The Hall–Kier alpha value is -2.76. The number of benzene rings is 2. The van der Waals surface area contributed by atoms with Crippen molar-refractivity contribution in [3.05, 3.63) is 66.1 Å². The van der Waals surface area contributed by atoms with E-state index in [1.807, 2.05) is 0 Å². The molecule has 2 heterocycles. The van der Waals surface area contributed by atoms with Gasteiger partial charge in [-0.25, -0.2) is 8.42 Å². The summed E-state index contributed by atoms with van der Waals surface area (Å²) in [5.74, 6) is -0.0434. The highest BCUT2D eigenvalue weighted by molar-refractivity contribution is 7.89. The first kappa shape index (κ1) is 20.5. The lowest BCUT2D eigenvalue weighted by molar-refractivity contribution is -0.137. The molecule has 1 fully saturated rings. The number of nitrogens with zero attached hydrogens (tertiary/aromatic N) is 3. The van der Waals surface area contributed by atoms with Gasteiger partial charge in [0.25, 0.3) is 5.89 Å². The van der Waals surface area contributed by atoms with Crippen LogP contribution in [-0.2, 0) is 20.9 Å². The summed E-state index contributed by atoms with van der Waals surface area (Å²) >= 11 is 0. The van der Waals surface area contributed by atoms with Crippen molar-refractivity contribution in [1.29, 1.82) is 0 Å². The summed E-state index contributed by atoms with van der Waals surface area (Å²) in [7, 11) is -3.73. The van der Waals surface area contributed by atoms with Gasteiger partial charge in [0.2, 0.25) is 15.8 Å². The zero-order chi connectivity index (χ0) is 21.4. The van der Waals surface area contributed by atoms with Crippen LogP contribution in [0.4, 0.5) is 13.2 Å². The van der Waals surface area contributed by atoms with E-state index in [4.69, 9.17) is 9.26 Å². The maximum absolute atomic E-state index is 12.9. The fraction of sp³-hybridized carbons (Fsp3) is 0.263. The highest BCUT2D eigenvalue weighted by Gasteiger charge is 2.34. The van der Waals surface area contributed by atoms with Gasteiger partial charge in [0.05, 0.1) is 17.1 Å². The lowest BCUT2D eigenvalue weighted by Gasteiger charge is -2.30. The van der Waals surface area contributed by atoms with Crippen molar-refractivity contribution in [3.8, 4) is 11.4 Å². The van der Waals surface area contributed by atoms with Crippen LogP contribution in [0.3, 0.4) is 0 Å². The number of rotatable bonds is 4. The molecule has 0 bridgehead atoms. The van der Waals surface area contributed by atoms with E-state index in [2.05, 4.69) is 10.1 Å². The third-order valence-electron chi connectivity index (χ3n) is 4.58. The summed E-state index contributed by atoms with van der Waals surface area (Å²) in [4.78, 5) is 4.28. The fourth-order valence-electron chi connectivity index (χ4n) is 3.05. The van der Waals surface area contributed by atoms with E-state index in [0.29, 0.717) is 0 Å². The molecule has 30 heavy (non-hydrogen) atoms. The van der Waals surface area contributed by atoms with Gasteiger partial charge in [-0.2, -0.15) is 22.5 Å². The quantitative estimate of drug-likeness (QED) is 0.619. The largest absolute Gasteiger partial charge is 0.416 e. The number of hydrogen-bond donors (Lipinski definition) is 0. The van der Waals surface area contributed by atoms with E-state index in [-0.39, 0.29) is 41.9 Å². The fourth-order valence-corrected chi connectivity index (χ4v) is 4.50. The van der Waals surface area contributed by atoms with Gasteiger partial charge in [-0.1, -0.05) is 35.5 Å². The third-order valence-corrected chi connectivity index (χ3v) is 6.45. The van der Waals surface area contributed by atoms with Crippen molar-refractivity contribution in [2.75, 3.05) is 19.7 Å². The predicted molar refractivity (Wildman–Crippen MR) is 98.6 cm³/mol. The molecule has 1 saturated heterocycles. The molecule has 0 saturated carbocycles. The SMILES string of the molecule is O=S(=O)(c1ccccc1)N1CCO[C@@H](c2nc(-c3cccc(C(F)(F)F)c3)no2)C1. The highest BCUT2D eigenvalue weighted by Crippen LogP contribution is 2.32. The van der Waals surface area contributed by atoms with Crippen LogP contribution in [0, 0.1) is 0 Å². The topological polar surface area (TPSA) is 85.5 Å². The molecule has 158 valence electrons. The van der Waals surface area contributed by atoms with Gasteiger partial charge in [-0.3, -0.25) is 0 Å². The molecule has 4 rings (SSSR count). The average molecular weight is 439 g/mol. The Morgan fingerprint density at radius 2 is 1.83 bits per heavy atom. The average Bonchev–Trinajstić information content (AvgIpc) is 3.24. The molecule has 2 aromatic carbocycles. The molecule has 0 amide bonds. The number of ether oxygens (including phenoxy) is 1. The summed E-state index contributed by atoms with van der Waals surface area (Å²) in [5, 5.41) is 3.73. The highest BCUT2D eigenvalue weighted by atomic mass is 32.2. The maximum Gasteiger partial charge on any atom is 0.416 e. The molecule has 0 N–H and O–H groups in total. The Labute approximate surface area is 170 Å². The van der Waals surface area contributed by atoms with Crippen LogP contribution in [0.1, 0.15) is 17.6 Å². The van der Waals surface area contributed by atoms with Crippen LogP contribution >= 0.6 is 0 Å². The predicted octanol–water partition coefficient (Wildman–Crippen LogP) is 3.52. The molecule has 3 aromatic rings. The minimum Gasteiger partial charge on any atom is -0.366 e. The second kappa shape index (κ2) is 7.82. The number of alkyl halides is 3. The lowest BCUT2D eigenvalue weighted by Crippen LogP contribution is -2.42. The molecule has 1 aliphatic rings. The van der Waals surface area contributed by atoms with Crippen LogP contribution in [0.2, 0.25) is 0 Å². The molecule has 0 radical (unpaired) electrons. The third kappa shape index (κ3) is 4.09. The van der Waals surface area contributed by atoms with Gasteiger partial charge in [-0.15, -0.1) is 0 Å². The second-order valence-electron chi connectivity index (χ2n) is 6.57. The van der Waals surface area contributed by atoms with Gasteiger partial charge < -0.3 is 9.26 Å². The number of halogens is 3. The van der Waals surface area contributed by atoms with Crippen molar-refractivity contribution < 1.29 is 30.8 Å². The van der Waals surface area contributed by atoms with Crippen molar-refractivity contribution in [2.24, 2.45) is 0 Å². The Morgan fingerprint density at radius 1 is 1.07 bits per heavy atom. The Bertz CT molecular complexity index is 1130. The van der Waals surface area contributed by atoms with Crippen LogP contribution in [0.5, 0.6) is 0 Å². The van der Waals surface area contributed by atoms with Gasteiger partial charge in [0.1, 0.15) is 0 Å². The maximum atomic E-state index is 12.9. The number of morpholine rings is 1. The first-order valence-electron chi connectivity index (χ1n) is 8.93. The molecule has 11 heteroatoms. The van der Waals surface area contributed by atoms with E-state index in [1.54, 1.807) is 18.2 Å². The molecule has 1 atom stereocenters. The Kier molecular flexibility index (Phi) is 5.35.